The van der Waals surface area contributed by atoms with Gasteiger partial charge < -0.3 is 29.7 Å². The summed E-state index contributed by atoms with van der Waals surface area (Å²) in [4.78, 5) is 39.7. The second-order valence-electron chi connectivity index (χ2n) is 8.52. The number of ether oxygens (including phenoxy) is 1. The summed E-state index contributed by atoms with van der Waals surface area (Å²) < 4.78 is 20.9. The van der Waals surface area contributed by atoms with Crippen molar-refractivity contribution >= 4 is 23.4 Å². The highest BCUT2D eigenvalue weighted by molar-refractivity contribution is 6.32. The quantitative estimate of drug-likeness (QED) is 0.597. The number of aromatic hydroxyl groups is 1. The average Bonchev–Trinajstić information content (AvgIpc) is 2.77. The van der Waals surface area contributed by atoms with E-state index in [2.05, 4.69) is 5.32 Å². The molecule has 0 bridgehead atoms. The Morgan fingerprint density at radius 2 is 2.06 bits per heavy atom. The molecule has 1 saturated carbocycles. The highest BCUT2D eigenvalue weighted by Crippen LogP contribution is 2.47. The van der Waals surface area contributed by atoms with E-state index in [0.29, 0.717) is 19.4 Å². The Kier molecular flexibility index (Phi) is 5.83. The second kappa shape index (κ2) is 8.35. The van der Waals surface area contributed by atoms with Crippen LogP contribution in [0.15, 0.2) is 23.1 Å². The lowest BCUT2D eigenvalue weighted by Crippen LogP contribution is -2.60. The summed E-state index contributed by atoms with van der Waals surface area (Å²) in [6, 6.07) is 2.84. The van der Waals surface area contributed by atoms with E-state index in [1.807, 2.05) is 0 Å². The molecular formula is C22H23ClFN3O6. The van der Waals surface area contributed by atoms with Crippen molar-refractivity contribution in [2.24, 2.45) is 5.92 Å². The van der Waals surface area contributed by atoms with Crippen LogP contribution in [0.25, 0.3) is 0 Å². The molecule has 2 amide bonds. The Morgan fingerprint density at radius 3 is 2.70 bits per heavy atom. The highest BCUT2D eigenvalue weighted by atomic mass is 35.5. The molecule has 1 fully saturated rings. The van der Waals surface area contributed by atoms with Crippen LogP contribution < -0.4 is 15.5 Å². The molecule has 0 radical (unpaired) electrons. The molecule has 1 spiro atoms. The molecule has 1 aromatic heterocycles. The van der Waals surface area contributed by atoms with Crippen LogP contribution in [0.4, 0.5) is 4.39 Å². The predicted molar refractivity (Wildman–Crippen MR) is 116 cm³/mol. The lowest BCUT2D eigenvalue weighted by Gasteiger charge is -2.53. The molecule has 2 aliphatic rings. The van der Waals surface area contributed by atoms with E-state index in [1.165, 1.54) is 34.9 Å². The van der Waals surface area contributed by atoms with Gasteiger partial charge in [-0.1, -0.05) is 17.7 Å². The number of amides is 2. The maximum atomic E-state index is 14.4. The van der Waals surface area contributed by atoms with E-state index in [9.17, 15) is 29.0 Å². The molecule has 2 heterocycles. The van der Waals surface area contributed by atoms with Gasteiger partial charge >= 0.3 is 0 Å². The van der Waals surface area contributed by atoms with Crippen molar-refractivity contribution in [1.29, 1.82) is 0 Å². The van der Waals surface area contributed by atoms with E-state index in [4.69, 9.17) is 16.3 Å². The molecule has 0 atom stereocenters. The number of halogens is 2. The number of likely N-dealkylation sites (N-methyl/N-ethyl adjacent to an activating group) is 1. The lowest BCUT2D eigenvalue weighted by molar-refractivity contribution is -0.0102. The zero-order chi connectivity index (χ0) is 24.1. The molecular weight excluding hydrogens is 457 g/mol. The third-order valence-corrected chi connectivity index (χ3v) is 6.75. The molecule has 0 unspecified atom stereocenters. The molecule has 0 saturated heterocycles. The number of rotatable bonds is 5. The summed E-state index contributed by atoms with van der Waals surface area (Å²) >= 11 is 5.91. The van der Waals surface area contributed by atoms with Gasteiger partial charge in [0.25, 0.3) is 11.8 Å². The zero-order valence-corrected chi connectivity index (χ0v) is 18.8. The second-order valence-corrected chi connectivity index (χ2v) is 8.90. The third kappa shape index (κ3) is 3.63. The summed E-state index contributed by atoms with van der Waals surface area (Å²) in [7, 11) is 2.91. The van der Waals surface area contributed by atoms with Gasteiger partial charge in [-0.2, -0.15) is 0 Å². The first-order valence-corrected chi connectivity index (χ1v) is 10.7. The zero-order valence-electron chi connectivity index (χ0n) is 18.0. The number of hydrogen-bond donors (Lipinski definition) is 3. The van der Waals surface area contributed by atoms with E-state index >= 15 is 0 Å². The first-order chi connectivity index (χ1) is 15.6. The third-order valence-electron chi connectivity index (χ3n) is 6.40. The van der Waals surface area contributed by atoms with Gasteiger partial charge in [-0.05, 0) is 24.8 Å². The monoisotopic (exact) mass is 479 g/mol. The lowest BCUT2D eigenvalue weighted by atomic mass is 9.67. The minimum atomic E-state index is -0.996. The molecule has 11 heteroatoms. The standard InChI is InChI=1S/C22H23ClFN3O6/c1-26-10-22(5-11(6-22)9-28)27-8-13(18(29)19(30)17(27)21(26)32)20(31)25-7-12-3-4-14(33-2)15(23)16(12)24/h3-4,8,11,28,30H,5-7,9-10H2,1-2H3,(H,25,31). The van der Waals surface area contributed by atoms with Gasteiger partial charge in [0.15, 0.2) is 17.3 Å². The fraction of sp³-hybridized carbons (Fsp3) is 0.409. The van der Waals surface area contributed by atoms with Gasteiger partial charge in [0.05, 0.1) is 12.6 Å². The fourth-order valence-electron chi connectivity index (χ4n) is 4.72. The average molecular weight is 480 g/mol. The van der Waals surface area contributed by atoms with Crippen molar-refractivity contribution in [1.82, 2.24) is 14.8 Å². The number of fused-ring (bicyclic) bond motifs is 2. The number of nitrogens with zero attached hydrogens (tertiary/aromatic N) is 2. The van der Waals surface area contributed by atoms with E-state index in [1.54, 1.807) is 7.05 Å². The van der Waals surface area contributed by atoms with Crippen molar-refractivity contribution in [3.05, 3.63) is 56.2 Å². The first-order valence-electron chi connectivity index (χ1n) is 10.3. The van der Waals surface area contributed by atoms with Crippen molar-refractivity contribution in [3.8, 4) is 11.5 Å². The van der Waals surface area contributed by atoms with Crippen LogP contribution in [0.5, 0.6) is 11.5 Å². The maximum Gasteiger partial charge on any atom is 0.274 e. The number of benzene rings is 1. The van der Waals surface area contributed by atoms with Gasteiger partial charge in [-0.3, -0.25) is 14.4 Å². The fourth-order valence-corrected chi connectivity index (χ4v) is 4.98. The maximum absolute atomic E-state index is 14.4. The summed E-state index contributed by atoms with van der Waals surface area (Å²) in [6.45, 7) is 0.0221. The van der Waals surface area contributed by atoms with Crippen LogP contribution in [-0.2, 0) is 12.1 Å². The number of hydrogen-bond acceptors (Lipinski definition) is 6. The topological polar surface area (TPSA) is 121 Å². The molecule has 1 aliphatic carbocycles. The minimum Gasteiger partial charge on any atom is -0.503 e. The number of methoxy groups -OCH3 is 1. The van der Waals surface area contributed by atoms with Crippen LogP contribution in [0.2, 0.25) is 5.02 Å². The van der Waals surface area contributed by atoms with E-state index < -0.39 is 34.3 Å². The van der Waals surface area contributed by atoms with Gasteiger partial charge in [-0.15, -0.1) is 0 Å². The molecule has 2 aromatic rings. The summed E-state index contributed by atoms with van der Waals surface area (Å²) in [6.07, 6.45) is 2.31. The summed E-state index contributed by atoms with van der Waals surface area (Å²) in [5.74, 6) is -2.80. The van der Waals surface area contributed by atoms with E-state index in [0.717, 1.165) is 0 Å². The van der Waals surface area contributed by atoms with Crippen LogP contribution >= 0.6 is 11.6 Å². The number of aliphatic hydroxyl groups is 1. The SMILES string of the molecule is COc1ccc(CNC(=O)c2cn3c(c(O)c2=O)C(=O)N(C)CC32CC(CO)C2)c(F)c1Cl. The number of aliphatic hydroxyl groups excluding tert-OH is 1. The molecule has 176 valence electrons. The van der Waals surface area contributed by atoms with E-state index in [-0.39, 0.29) is 46.7 Å². The Hall–Kier alpha value is -3.11. The molecule has 9 nitrogen and oxygen atoms in total. The number of carbonyl (C=O) groups is 2. The van der Waals surface area contributed by atoms with Crippen molar-refractivity contribution in [2.45, 2.75) is 24.9 Å². The van der Waals surface area contributed by atoms with Crippen LogP contribution in [0.1, 0.15) is 39.3 Å². The predicted octanol–water partition coefficient (Wildman–Crippen LogP) is 1.47. The van der Waals surface area contributed by atoms with Crippen molar-refractivity contribution in [3.63, 3.8) is 0 Å². The van der Waals surface area contributed by atoms with Crippen LogP contribution in [0.3, 0.4) is 0 Å². The summed E-state index contributed by atoms with van der Waals surface area (Å²) in [5, 5.41) is 22.2. The van der Waals surface area contributed by atoms with Gasteiger partial charge in [0.2, 0.25) is 5.43 Å². The Balaban J connectivity index is 1.67. The minimum absolute atomic E-state index is 0.0149. The smallest absolute Gasteiger partial charge is 0.274 e. The number of pyridine rings is 1. The van der Waals surface area contributed by atoms with Crippen molar-refractivity contribution < 1.29 is 28.9 Å². The Bertz CT molecular complexity index is 1210. The Morgan fingerprint density at radius 1 is 1.36 bits per heavy atom. The number of carbonyl (C=O) groups excluding carboxylic acids is 2. The largest absolute Gasteiger partial charge is 0.503 e. The molecule has 1 aromatic carbocycles. The van der Waals surface area contributed by atoms with Gasteiger partial charge in [-0.25, -0.2) is 4.39 Å². The highest BCUT2D eigenvalue weighted by Gasteiger charge is 2.51. The first kappa shape index (κ1) is 23.1. The molecule has 33 heavy (non-hydrogen) atoms. The van der Waals surface area contributed by atoms with Crippen molar-refractivity contribution in [2.75, 3.05) is 27.3 Å². The van der Waals surface area contributed by atoms with Gasteiger partial charge in [0, 0.05) is 38.5 Å². The molecule has 3 N–H and O–H groups in total. The summed E-state index contributed by atoms with van der Waals surface area (Å²) in [5.41, 5.74) is -2.12. The normalized spacial score (nSPS) is 21.5. The Labute approximate surface area is 193 Å². The van der Waals surface area contributed by atoms with Crippen LogP contribution in [-0.4, -0.2) is 58.8 Å². The number of nitrogens with one attached hydrogen (secondary N) is 1. The number of aromatic nitrogens is 1. The van der Waals surface area contributed by atoms with Crippen LogP contribution in [0, 0.1) is 11.7 Å². The van der Waals surface area contributed by atoms with Gasteiger partial charge in [0.1, 0.15) is 16.3 Å². The molecule has 1 aliphatic heterocycles. The molecule has 4 rings (SSSR count).